The normalized spacial score (nSPS) is 19.6. The molecule has 70 valence electrons. The maximum atomic E-state index is 10.6. The molecule has 2 heterocycles. The number of carbonyl (C=O) groups excluding carboxylic acids is 1. The zero-order chi connectivity index (χ0) is 9.42. The zero-order valence-electron chi connectivity index (χ0n) is 8.36. The second kappa shape index (κ2) is 4.16. The second-order valence-corrected chi connectivity index (χ2v) is 3.48. The first kappa shape index (κ1) is 11.3. The molecular weight excluding hydrogens is 177 g/mol. The molecule has 1 aliphatic rings. The molecule has 0 radical (unpaired) electrons. The van der Waals surface area contributed by atoms with Crippen LogP contribution in [0.25, 0.3) is 0 Å². The predicted molar refractivity (Wildman–Crippen MR) is 41.8 cm³/mol. The van der Waals surface area contributed by atoms with Gasteiger partial charge in [0.05, 0.1) is 0 Å². The van der Waals surface area contributed by atoms with E-state index < -0.39 is 5.97 Å². The van der Waals surface area contributed by atoms with Crippen LogP contribution in [0.4, 0.5) is 0 Å². The molecule has 1 aromatic heterocycles. The van der Waals surface area contributed by atoms with E-state index in [-0.39, 0.29) is 24.7 Å². The van der Waals surface area contributed by atoms with Crippen LogP contribution in [0.1, 0.15) is 29.8 Å². The molecule has 0 fully saturated rings. The van der Waals surface area contributed by atoms with Crippen molar-refractivity contribution >= 4 is 5.97 Å². The molecule has 0 spiro atoms. The van der Waals surface area contributed by atoms with Crippen LogP contribution in [-0.2, 0) is 13.0 Å². The van der Waals surface area contributed by atoms with Crippen LogP contribution in [0.5, 0.6) is 0 Å². The number of nitrogens with zero attached hydrogens (tertiary/aromatic N) is 3. The van der Waals surface area contributed by atoms with Gasteiger partial charge in [-0.1, -0.05) is 6.92 Å². The van der Waals surface area contributed by atoms with E-state index in [1.165, 1.54) is 0 Å². The Balaban J connectivity index is 0.000000980. The molecule has 1 aliphatic heterocycles. The Kier molecular flexibility index (Phi) is 3.35. The van der Waals surface area contributed by atoms with Gasteiger partial charge in [0, 0.05) is 13.0 Å². The third kappa shape index (κ3) is 1.84. The summed E-state index contributed by atoms with van der Waals surface area (Å²) in [7, 11) is 0. The van der Waals surface area contributed by atoms with Crippen LogP contribution < -0.4 is 24.0 Å². The summed E-state index contributed by atoms with van der Waals surface area (Å²) < 4.78 is 1.64. The van der Waals surface area contributed by atoms with Gasteiger partial charge < -0.3 is 14.5 Å². The molecule has 6 heteroatoms. The van der Waals surface area contributed by atoms with Crippen molar-refractivity contribution in [3.8, 4) is 0 Å². The van der Waals surface area contributed by atoms with Crippen molar-refractivity contribution < 1.29 is 28.8 Å². The van der Waals surface area contributed by atoms with Crippen LogP contribution in [0, 0.1) is 5.92 Å². The second-order valence-electron chi connectivity index (χ2n) is 3.48. The van der Waals surface area contributed by atoms with Gasteiger partial charge in [-0.25, -0.2) is 0 Å². The average Bonchev–Trinajstić information content (AvgIpc) is 2.46. The molecule has 0 N–H and O–H groups in total. The summed E-state index contributed by atoms with van der Waals surface area (Å²) in [5, 5.41) is 18.0. The summed E-state index contributed by atoms with van der Waals surface area (Å²) in [6.07, 6.45) is 1.85. The molecule has 1 unspecified atom stereocenters. The Morgan fingerprint density at radius 3 is 2.93 bits per heavy atom. The summed E-state index contributed by atoms with van der Waals surface area (Å²) >= 11 is 0. The number of hydrogen-bond acceptors (Lipinski definition) is 4. The van der Waals surface area contributed by atoms with Crippen molar-refractivity contribution in [2.45, 2.75) is 26.3 Å². The Morgan fingerprint density at radius 1 is 1.57 bits per heavy atom. The number of aromatic nitrogens is 3. The Labute approximate surface area is 93.7 Å². The SMILES string of the molecule is CC1CCc2nnc(C(=O)[O-])n2C1.[Li+]. The fourth-order valence-electron chi connectivity index (χ4n) is 1.64. The molecule has 14 heavy (non-hydrogen) atoms. The number of rotatable bonds is 1. The summed E-state index contributed by atoms with van der Waals surface area (Å²) in [5.74, 6) is -0.0340. The van der Waals surface area contributed by atoms with E-state index >= 15 is 0 Å². The standard InChI is InChI=1S/C8H11N3O2.Li/c1-5-2-3-6-9-10-7(8(12)13)11(6)4-5;/h5H,2-4H2,1H3,(H,12,13);/q;+1/p-1. The Bertz CT molecular complexity index is 350. The van der Waals surface area contributed by atoms with E-state index in [9.17, 15) is 9.90 Å². The minimum atomic E-state index is -1.24. The molecule has 2 rings (SSSR count). The zero-order valence-corrected chi connectivity index (χ0v) is 8.36. The van der Waals surface area contributed by atoms with E-state index in [2.05, 4.69) is 17.1 Å². The largest absolute Gasteiger partial charge is 1.00 e. The van der Waals surface area contributed by atoms with Crippen molar-refractivity contribution in [3.63, 3.8) is 0 Å². The number of carboxylic acid groups (broad SMARTS) is 1. The molecule has 1 atom stereocenters. The molecule has 0 saturated heterocycles. The van der Waals surface area contributed by atoms with Crippen LogP contribution in [0.2, 0.25) is 0 Å². The Hall–Kier alpha value is -0.793. The van der Waals surface area contributed by atoms with Crippen molar-refractivity contribution in [3.05, 3.63) is 11.6 Å². The van der Waals surface area contributed by atoms with E-state index in [0.717, 1.165) is 18.7 Å². The van der Waals surface area contributed by atoms with Gasteiger partial charge >= 0.3 is 18.9 Å². The summed E-state index contributed by atoms with van der Waals surface area (Å²) in [4.78, 5) is 10.6. The van der Waals surface area contributed by atoms with Gasteiger partial charge in [-0.05, 0) is 12.3 Å². The van der Waals surface area contributed by atoms with Crippen LogP contribution in [0.3, 0.4) is 0 Å². The van der Waals surface area contributed by atoms with Crippen LogP contribution >= 0.6 is 0 Å². The van der Waals surface area contributed by atoms with Crippen LogP contribution in [-0.4, -0.2) is 20.7 Å². The first-order valence-electron chi connectivity index (χ1n) is 4.32. The summed E-state index contributed by atoms with van der Waals surface area (Å²) in [5.41, 5.74) is 0. The monoisotopic (exact) mass is 187 g/mol. The number of hydrogen-bond donors (Lipinski definition) is 0. The molecule has 0 aromatic carbocycles. The molecule has 0 amide bonds. The fourth-order valence-corrected chi connectivity index (χ4v) is 1.64. The maximum absolute atomic E-state index is 10.6. The smallest absolute Gasteiger partial charge is 0.541 e. The molecule has 0 saturated carbocycles. The van der Waals surface area contributed by atoms with E-state index in [4.69, 9.17) is 0 Å². The minimum absolute atomic E-state index is 0. The molecule has 1 aromatic rings. The van der Waals surface area contributed by atoms with Gasteiger partial charge in [-0.3, -0.25) is 0 Å². The maximum Gasteiger partial charge on any atom is 1.00 e. The Morgan fingerprint density at radius 2 is 2.29 bits per heavy atom. The van der Waals surface area contributed by atoms with E-state index in [0.29, 0.717) is 12.5 Å². The minimum Gasteiger partial charge on any atom is -0.541 e. The molecule has 0 aliphatic carbocycles. The fraction of sp³-hybridized carbons (Fsp3) is 0.625. The van der Waals surface area contributed by atoms with E-state index in [1.54, 1.807) is 4.57 Å². The average molecular weight is 187 g/mol. The summed E-state index contributed by atoms with van der Waals surface area (Å²) in [6.45, 7) is 2.77. The third-order valence-corrected chi connectivity index (χ3v) is 2.36. The van der Waals surface area contributed by atoms with Crippen LogP contribution in [0.15, 0.2) is 0 Å². The van der Waals surface area contributed by atoms with Gasteiger partial charge in [-0.15, -0.1) is 10.2 Å². The molecular formula is C8H10LiN3O2. The number of aromatic carboxylic acids is 1. The molecule has 0 bridgehead atoms. The van der Waals surface area contributed by atoms with Crippen molar-refractivity contribution in [2.75, 3.05) is 0 Å². The number of carbonyl (C=O) groups is 1. The van der Waals surface area contributed by atoms with Crippen molar-refractivity contribution in [1.29, 1.82) is 0 Å². The van der Waals surface area contributed by atoms with E-state index in [1.807, 2.05) is 0 Å². The van der Waals surface area contributed by atoms with Crippen molar-refractivity contribution in [1.82, 2.24) is 14.8 Å². The van der Waals surface area contributed by atoms with Gasteiger partial charge in [-0.2, -0.15) is 0 Å². The number of carboxylic acids is 1. The number of aryl methyl sites for hydroxylation is 1. The van der Waals surface area contributed by atoms with Gasteiger partial charge in [0.25, 0.3) is 0 Å². The summed E-state index contributed by atoms with van der Waals surface area (Å²) in [6, 6.07) is 0. The van der Waals surface area contributed by atoms with Crippen molar-refractivity contribution in [2.24, 2.45) is 5.92 Å². The first-order valence-corrected chi connectivity index (χ1v) is 4.32. The predicted octanol–water partition coefficient (Wildman–Crippen LogP) is -3.77. The quantitative estimate of drug-likeness (QED) is 0.423. The topological polar surface area (TPSA) is 70.8 Å². The van der Waals surface area contributed by atoms with Gasteiger partial charge in [0.1, 0.15) is 11.8 Å². The number of fused-ring (bicyclic) bond motifs is 1. The first-order chi connectivity index (χ1) is 6.18. The molecule has 5 nitrogen and oxygen atoms in total. The third-order valence-electron chi connectivity index (χ3n) is 2.36. The van der Waals surface area contributed by atoms with Gasteiger partial charge in [0.2, 0.25) is 0 Å². The van der Waals surface area contributed by atoms with Gasteiger partial charge in [0.15, 0.2) is 5.82 Å².